The van der Waals surface area contributed by atoms with Crippen molar-refractivity contribution in [2.24, 2.45) is 5.73 Å². The first-order chi connectivity index (χ1) is 8.54. The number of halogens is 3. The average molecular weight is 291 g/mol. The number of amides is 1. The fraction of sp³-hybridized carbons (Fsp3) is 0.462. The van der Waals surface area contributed by atoms with Crippen molar-refractivity contribution < 1.29 is 13.6 Å². The Balaban J connectivity index is 0.00000180. The predicted molar refractivity (Wildman–Crippen MR) is 71.1 cm³/mol. The molecule has 0 unspecified atom stereocenters. The largest absolute Gasteiger partial charge is 0.342 e. The molecule has 0 aliphatic carbocycles. The molecule has 2 rings (SSSR count). The summed E-state index contributed by atoms with van der Waals surface area (Å²) in [4.78, 5) is 13.6. The van der Waals surface area contributed by atoms with Crippen molar-refractivity contribution in [1.29, 1.82) is 0 Å². The number of carbonyl (C=O) groups is 1. The van der Waals surface area contributed by atoms with Crippen LogP contribution >= 0.6 is 12.4 Å². The summed E-state index contributed by atoms with van der Waals surface area (Å²) in [6.45, 7) is 1.25. The van der Waals surface area contributed by atoms with E-state index in [0.29, 0.717) is 18.7 Å². The van der Waals surface area contributed by atoms with E-state index in [4.69, 9.17) is 5.73 Å². The molecule has 3 nitrogen and oxygen atoms in total. The molecule has 1 fully saturated rings. The molecule has 0 bridgehead atoms. The number of likely N-dealkylation sites (tertiary alicyclic amines) is 1. The van der Waals surface area contributed by atoms with E-state index in [1.165, 1.54) is 12.1 Å². The maximum absolute atomic E-state index is 13.0. The van der Waals surface area contributed by atoms with Crippen LogP contribution in [-0.2, 0) is 11.2 Å². The van der Waals surface area contributed by atoms with Gasteiger partial charge in [-0.2, -0.15) is 0 Å². The number of carbonyl (C=O) groups excluding carboxylic acids is 1. The monoisotopic (exact) mass is 290 g/mol. The molecule has 1 amide bonds. The summed E-state index contributed by atoms with van der Waals surface area (Å²) in [5.74, 6) is -1.41. The average Bonchev–Trinajstić information content (AvgIpc) is 2.28. The first-order valence-corrected chi connectivity index (χ1v) is 6.03. The van der Waals surface area contributed by atoms with Gasteiger partial charge in [-0.3, -0.25) is 4.79 Å². The SMILES string of the molecule is Cl.NC1CCN(C(=O)Cc2cc(F)cc(F)c2)CC1. The smallest absolute Gasteiger partial charge is 0.226 e. The molecule has 0 saturated carbocycles. The topological polar surface area (TPSA) is 46.3 Å². The van der Waals surface area contributed by atoms with Crippen LogP contribution in [0, 0.1) is 11.6 Å². The standard InChI is InChI=1S/C13H16F2N2O.ClH/c14-10-5-9(6-11(15)8-10)7-13(18)17-3-1-12(16)2-4-17;/h5-6,8,12H,1-4,7,16H2;1H. The third kappa shape index (κ3) is 4.44. The number of benzene rings is 1. The number of rotatable bonds is 2. The Kier molecular flexibility index (Phi) is 5.69. The molecule has 0 radical (unpaired) electrons. The van der Waals surface area contributed by atoms with Crippen molar-refractivity contribution in [3.63, 3.8) is 0 Å². The second kappa shape index (κ2) is 6.82. The van der Waals surface area contributed by atoms with Gasteiger partial charge in [-0.15, -0.1) is 12.4 Å². The van der Waals surface area contributed by atoms with Crippen molar-refractivity contribution in [2.45, 2.75) is 25.3 Å². The molecule has 1 aliphatic heterocycles. The summed E-state index contributed by atoms with van der Waals surface area (Å²) in [6.07, 6.45) is 1.59. The normalized spacial score (nSPS) is 16.1. The van der Waals surface area contributed by atoms with Gasteiger partial charge in [-0.05, 0) is 30.5 Å². The Morgan fingerprint density at radius 3 is 2.26 bits per heavy atom. The van der Waals surface area contributed by atoms with Gasteiger partial charge in [0.15, 0.2) is 0 Å². The van der Waals surface area contributed by atoms with Gasteiger partial charge in [0.05, 0.1) is 6.42 Å². The minimum absolute atomic E-state index is 0. The number of nitrogens with zero attached hydrogens (tertiary/aromatic N) is 1. The van der Waals surface area contributed by atoms with Crippen LogP contribution in [0.25, 0.3) is 0 Å². The fourth-order valence-corrected chi connectivity index (χ4v) is 2.15. The lowest BCUT2D eigenvalue weighted by atomic mass is 10.0. The molecule has 19 heavy (non-hydrogen) atoms. The predicted octanol–water partition coefficient (Wildman–Crippen LogP) is 1.88. The van der Waals surface area contributed by atoms with E-state index in [9.17, 15) is 13.6 Å². The van der Waals surface area contributed by atoms with E-state index in [1.807, 2.05) is 0 Å². The Bertz CT molecular complexity index is 428. The van der Waals surface area contributed by atoms with Gasteiger partial charge in [-0.25, -0.2) is 8.78 Å². The lowest BCUT2D eigenvalue weighted by Crippen LogP contribution is -2.43. The first kappa shape index (κ1) is 15.9. The third-order valence-electron chi connectivity index (χ3n) is 3.17. The summed E-state index contributed by atoms with van der Waals surface area (Å²) >= 11 is 0. The lowest BCUT2D eigenvalue weighted by molar-refractivity contribution is -0.131. The zero-order valence-electron chi connectivity index (χ0n) is 10.4. The molecule has 1 aliphatic rings. The Hall–Kier alpha value is -1.20. The Morgan fingerprint density at radius 2 is 1.74 bits per heavy atom. The molecule has 6 heteroatoms. The van der Waals surface area contributed by atoms with E-state index < -0.39 is 11.6 Å². The fourth-order valence-electron chi connectivity index (χ4n) is 2.15. The number of nitrogens with two attached hydrogens (primary N) is 1. The van der Waals surface area contributed by atoms with Crippen LogP contribution in [0.2, 0.25) is 0 Å². The van der Waals surface area contributed by atoms with Gasteiger partial charge in [0.2, 0.25) is 5.91 Å². The quantitative estimate of drug-likeness (QED) is 0.904. The van der Waals surface area contributed by atoms with Gasteiger partial charge in [0.1, 0.15) is 11.6 Å². The molecule has 1 aromatic carbocycles. The van der Waals surface area contributed by atoms with Crippen molar-refractivity contribution >= 4 is 18.3 Å². The zero-order valence-corrected chi connectivity index (χ0v) is 11.3. The molecule has 0 spiro atoms. The summed E-state index contributed by atoms with van der Waals surface area (Å²) in [6, 6.07) is 3.34. The number of piperidine rings is 1. The Labute approximate surface area is 117 Å². The van der Waals surface area contributed by atoms with Crippen LogP contribution in [0.15, 0.2) is 18.2 Å². The minimum Gasteiger partial charge on any atom is -0.342 e. The highest BCUT2D eigenvalue weighted by Gasteiger charge is 2.20. The van der Waals surface area contributed by atoms with Crippen molar-refractivity contribution in [3.8, 4) is 0 Å². The van der Waals surface area contributed by atoms with Crippen molar-refractivity contribution in [1.82, 2.24) is 4.90 Å². The highest BCUT2D eigenvalue weighted by Crippen LogP contribution is 2.13. The molecule has 1 heterocycles. The molecule has 0 aromatic heterocycles. The molecular formula is C13H17ClF2N2O. The van der Waals surface area contributed by atoms with E-state index >= 15 is 0 Å². The van der Waals surface area contributed by atoms with Crippen LogP contribution in [0.5, 0.6) is 0 Å². The second-order valence-corrected chi connectivity index (χ2v) is 4.67. The molecule has 1 saturated heterocycles. The maximum Gasteiger partial charge on any atom is 0.226 e. The maximum atomic E-state index is 13.0. The van der Waals surface area contributed by atoms with Crippen LogP contribution in [0.4, 0.5) is 8.78 Å². The Morgan fingerprint density at radius 1 is 1.21 bits per heavy atom. The molecular weight excluding hydrogens is 274 g/mol. The van der Waals surface area contributed by atoms with E-state index in [-0.39, 0.29) is 30.8 Å². The van der Waals surface area contributed by atoms with E-state index in [1.54, 1.807) is 4.90 Å². The van der Waals surface area contributed by atoms with Crippen LogP contribution in [-0.4, -0.2) is 29.9 Å². The van der Waals surface area contributed by atoms with Crippen molar-refractivity contribution in [2.75, 3.05) is 13.1 Å². The minimum atomic E-state index is -0.654. The van der Waals surface area contributed by atoms with Gasteiger partial charge >= 0.3 is 0 Å². The highest BCUT2D eigenvalue weighted by molar-refractivity contribution is 5.85. The summed E-state index contributed by atoms with van der Waals surface area (Å²) in [5.41, 5.74) is 6.12. The summed E-state index contributed by atoms with van der Waals surface area (Å²) in [7, 11) is 0. The van der Waals surface area contributed by atoms with Crippen LogP contribution in [0.1, 0.15) is 18.4 Å². The molecule has 2 N–H and O–H groups in total. The first-order valence-electron chi connectivity index (χ1n) is 6.03. The van der Waals surface area contributed by atoms with Gasteiger partial charge < -0.3 is 10.6 Å². The summed E-state index contributed by atoms with van der Waals surface area (Å²) < 4.78 is 26.0. The number of hydrogen-bond acceptors (Lipinski definition) is 2. The summed E-state index contributed by atoms with van der Waals surface area (Å²) in [5, 5.41) is 0. The third-order valence-corrected chi connectivity index (χ3v) is 3.17. The number of hydrogen-bond donors (Lipinski definition) is 1. The van der Waals surface area contributed by atoms with Gasteiger partial charge in [-0.1, -0.05) is 0 Å². The van der Waals surface area contributed by atoms with E-state index in [2.05, 4.69) is 0 Å². The van der Waals surface area contributed by atoms with Gasteiger partial charge in [0, 0.05) is 25.2 Å². The highest BCUT2D eigenvalue weighted by atomic mass is 35.5. The molecule has 106 valence electrons. The second-order valence-electron chi connectivity index (χ2n) is 4.67. The van der Waals surface area contributed by atoms with Crippen LogP contribution in [0.3, 0.4) is 0 Å². The lowest BCUT2D eigenvalue weighted by Gasteiger charge is -2.30. The van der Waals surface area contributed by atoms with Gasteiger partial charge in [0.25, 0.3) is 0 Å². The molecule has 1 aromatic rings. The zero-order chi connectivity index (χ0) is 13.1. The molecule has 0 atom stereocenters. The van der Waals surface area contributed by atoms with Crippen molar-refractivity contribution in [3.05, 3.63) is 35.4 Å². The van der Waals surface area contributed by atoms with Crippen LogP contribution < -0.4 is 5.73 Å². The van der Waals surface area contributed by atoms with E-state index in [0.717, 1.165) is 18.9 Å².